The van der Waals surface area contributed by atoms with Crippen molar-refractivity contribution in [2.45, 2.75) is 64.0 Å². The fraction of sp³-hybridized carbons (Fsp3) is 0.462. The highest BCUT2D eigenvalue weighted by Gasteiger charge is 2.39. The number of hydrogen-bond donors (Lipinski definition) is 3. The van der Waals surface area contributed by atoms with Crippen molar-refractivity contribution in [2.75, 3.05) is 67.6 Å². The first-order valence-corrected chi connectivity index (χ1v) is 18.9. The summed E-state index contributed by atoms with van der Waals surface area (Å²) in [6.45, 7) is 5.65. The van der Waals surface area contributed by atoms with Crippen molar-refractivity contribution in [2.24, 2.45) is 5.73 Å². The number of nitrogens with zero attached hydrogens (tertiary/aromatic N) is 6. The van der Waals surface area contributed by atoms with E-state index in [0.29, 0.717) is 76.6 Å². The lowest BCUT2D eigenvalue weighted by Gasteiger charge is -2.36. The molecule has 3 fully saturated rings. The molecule has 5 amide bonds. The Balaban J connectivity index is 0.825. The second kappa shape index (κ2) is 16.6. The molecule has 15 nitrogen and oxygen atoms in total. The third-order valence-corrected chi connectivity index (χ3v) is 10.7. The van der Waals surface area contributed by atoms with E-state index in [-0.39, 0.29) is 29.8 Å². The maximum Gasteiger partial charge on any atom is 0.271 e. The first-order valence-electron chi connectivity index (χ1n) is 18.9. The Morgan fingerprint density at radius 1 is 0.926 bits per heavy atom. The van der Waals surface area contributed by atoms with Crippen molar-refractivity contribution >= 4 is 52.5 Å². The topological polar surface area (TPSA) is 183 Å². The molecule has 54 heavy (non-hydrogen) atoms. The van der Waals surface area contributed by atoms with Gasteiger partial charge in [-0.3, -0.25) is 29.3 Å². The molecule has 5 heterocycles. The molecule has 7 rings (SSSR count). The van der Waals surface area contributed by atoms with Crippen molar-refractivity contribution in [3.8, 4) is 0 Å². The number of aryl methyl sites for hydroxylation is 1. The van der Waals surface area contributed by atoms with Crippen LogP contribution < -0.4 is 26.2 Å². The quantitative estimate of drug-likeness (QED) is 0.173. The van der Waals surface area contributed by atoms with Gasteiger partial charge in [0.25, 0.3) is 11.8 Å². The third-order valence-electron chi connectivity index (χ3n) is 10.7. The van der Waals surface area contributed by atoms with E-state index >= 15 is 0 Å². The molecule has 1 aromatic heterocycles. The molecule has 0 aliphatic carbocycles. The van der Waals surface area contributed by atoms with Crippen LogP contribution >= 0.6 is 0 Å². The minimum Gasteiger partial charge on any atom is -0.381 e. The summed E-state index contributed by atoms with van der Waals surface area (Å²) >= 11 is 0. The number of ether oxygens (including phenoxy) is 1. The van der Waals surface area contributed by atoms with Crippen LogP contribution in [-0.2, 0) is 32.1 Å². The molecule has 3 aromatic rings. The predicted octanol–water partition coefficient (Wildman–Crippen LogP) is 2.76. The van der Waals surface area contributed by atoms with Gasteiger partial charge in [-0.1, -0.05) is 12.1 Å². The predicted molar refractivity (Wildman–Crippen MR) is 201 cm³/mol. The Bertz CT molecular complexity index is 1890. The first kappa shape index (κ1) is 36.8. The van der Waals surface area contributed by atoms with Crippen LogP contribution in [0.5, 0.6) is 0 Å². The summed E-state index contributed by atoms with van der Waals surface area (Å²) in [4.78, 5) is 79.0. The van der Waals surface area contributed by atoms with Gasteiger partial charge in [0, 0.05) is 75.8 Å². The maximum atomic E-state index is 13.1. The number of piperidine rings is 2. The lowest BCUT2D eigenvalue weighted by atomic mass is 10.00. The van der Waals surface area contributed by atoms with E-state index in [0.717, 1.165) is 60.7 Å². The minimum atomic E-state index is -0.640. The smallest absolute Gasteiger partial charge is 0.271 e. The van der Waals surface area contributed by atoms with Gasteiger partial charge < -0.3 is 35.4 Å². The number of aromatic nitrogens is 2. The van der Waals surface area contributed by atoms with Gasteiger partial charge in [-0.25, -0.2) is 9.97 Å². The fourth-order valence-electron chi connectivity index (χ4n) is 7.70. The molecular weight excluding hydrogens is 690 g/mol. The van der Waals surface area contributed by atoms with Gasteiger partial charge in [-0.05, 0) is 80.0 Å². The molecule has 15 heteroatoms. The number of primary amides is 1. The summed E-state index contributed by atoms with van der Waals surface area (Å²) in [5, 5.41) is 5.58. The van der Waals surface area contributed by atoms with Crippen LogP contribution in [0.1, 0.15) is 76.9 Å². The third kappa shape index (κ3) is 8.30. The standard InChI is InChI=1S/C39H47N9O6/c40-36(51)35-37(43-32(24-41-35)46-16-2-1-3-17-46)42-27-9-11-28(12-10-27)45-18-20-47(21-19-45)34(50)15-23-54-22-5-7-26-6-4-8-29-30(26)25-48(39(29)53)31-13-14-33(49)44-38(31)52/h4,6,8-12,24,31H,1-3,5,7,13-23,25H2,(H2,40,51)(H,42,43)(H,44,49,52). The summed E-state index contributed by atoms with van der Waals surface area (Å²) in [5.41, 5.74) is 10.1. The number of carbonyl (C=O) groups is 5. The van der Waals surface area contributed by atoms with E-state index in [9.17, 15) is 24.0 Å². The van der Waals surface area contributed by atoms with Crippen molar-refractivity contribution in [1.82, 2.24) is 25.1 Å². The molecular formula is C39H47N9O6. The largest absolute Gasteiger partial charge is 0.381 e. The van der Waals surface area contributed by atoms with E-state index < -0.39 is 17.9 Å². The van der Waals surface area contributed by atoms with Crippen LogP contribution in [0, 0.1) is 0 Å². The van der Waals surface area contributed by atoms with Crippen LogP contribution in [0.4, 0.5) is 23.0 Å². The second-order valence-corrected chi connectivity index (χ2v) is 14.2. The molecule has 1 unspecified atom stereocenters. The molecule has 4 aliphatic heterocycles. The average Bonchev–Trinajstić information content (AvgIpc) is 3.52. The number of anilines is 4. The van der Waals surface area contributed by atoms with E-state index in [1.54, 1.807) is 17.2 Å². The number of amides is 5. The number of piperazine rings is 1. The summed E-state index contributed by atoms with van der Waals surface area (Å²) in [6, 6.07) is 12.9. The van der Waals surface area contributed by atoms with Gasteiger partial charge in [0.1, 0.15) is 11.9 Å². The molecule has 3 saturated heterocycles. The van der Waals surface area contributed by atoms with Gasteiger partial charge in [0.2, 0.25) is 17.7 Å². The first-order chi connectivity index (χ1) is 26.2. The molecule has 1 atom stereocenters. The summed E-state index contributed by atoms with van der Waals surface area (Å²) < 4.78 is 5.84. The summed E-state index contributed by atoms with van der Waals surface area (Å²) in [5.74, 6) is -0.397. The SMILES string of the molecule is NC(=O)c1ncc(N2CCCCC2)nc1Nc1ccc(N2CCN(C(=O)CCOCCCc3cccc4c3CN(C3CCC(=O)NC3=O)C4=O)CC2)cc1. The van der Waals surface area contributed by atoms with Crippen LogP contribution in [0.15, 0.2) is 48.7 Å². The minimum absolute atomic E-state index is 0.0697. The summed E-state index contributed by atoms with van der Waals surface area (Å²) in [6.07, 6.45) is 7.32. The highest BCUT2D eigenvalue weighted by molar-refractivity contribution is 6.05. The molecule has 0 saturated carbocycles. The Hall–Kier alpha value is -5.57. The number of rotatable bonds is 13. The number of fused-ring (bicyclic) bond motifs is 1. The van der Waals surface area contributed by atoms with Crippen molar-refractivity contribution in [1.29, 1.82) is 0 Å². The van der Waals surface area contributed by atoms with Gasteiger partial charge in [0.15, 0.2) is 11.5 Å². The number of nitrogens with two attached hydrogens (primary N) is 1. The highest BCUT2D eigenvalue weighted by Crippen LogP contribution is 2.31. The molecule has 0 bridgehead atoms. The van der Waals surface area contributed by atoms with Crippen molar-refractivity contribution < 1.29 is 28.7 Å². The summed E-state index contributed by atoms with van der Waals surface area (Å²) in [7, 11) is 0. The van der Waals surface area contributed by atoms with Crippen molar-refractivity contribution in [3.05, 3.63) is 71.0 Å². The zero-order valence-corrected chi connectivity index (χ0v) is 30.4. The Labute approximate surface area is 314 Å². The maximum absolute atomic E-state index is 13.1. The number of benzene rings is 2. The van der Waals surface area contributed by atoms with Crippen LogP contribution in [-0.4, -0.2) is 108 Å². The van der Waals surface area contributed by atoms with Gasteiger partial charge in [-0.2, -0.15) is 0 Å². The fourth-order valence-corrected chi connectivity index (χ4v) is 7.70. The van der Waals surface area contributed by atoms with Gasteiger partial charge in [0.05, 0.1) is 19.2 Å². The van der Waals surface area contributed by atoms with Crippen LogP contribution in [0.2, 0.25) is 0 Å². The Morgan fingerprint density at radius 3 is 2.44 bits per heavy atom. The molecule has 284 valence electrons. The second-order valence-electron chi connectivity index (χ2n) is 14.2. The van der Waals surface area contributed by atoms with Crippen LogP contribution in [0.3, 0.4) is 0 Å². The average molecular weight is 738 g/mol. The van der Waals surface area contributed by atoms with E-state index in [4.69, 9.17) is 15.5 Å². The zero-order chi connectivity index (χ0) is 37.6. The van der Waals surface area contributed by atoms with E-state index in [2.05, 4.69) is 25.4 Å². The Morgan fingerprint density at radius 2 is 1.70 bits per heavy atom. The number of carbonyl (C=O) groups excluding carboxylic acids is 5. The number of hydrogen-bond acceptors (Lipinski definition) is 11. The number of nitrogens with one attached hydrogen (secondary N) is 2. The van der Waals surface area contributed by atoms with Crippen molar-refractivity contribution in [3.63, 3.8) is 0 Å². The normalized spacial score (nSPS) is 18.8. The van der Waals surface area contributed by atoms with E-state index in [1.807, 2.05) is 41.3 Å². The zero-order valence-electron chi connectivity index (χ0n) is 30.4. The number of imide groups is 1. The van der Waals surface area contributed by atoms with E-state index in [1.165, 1.54) is 6.42 Å². The molecule has 4 N–H and O–H groups in total. The lowest BCUT2D eigenvalue weighted by Crippen LogP contribution is -2.52. The molecule has 0 radical (unpaired) electrons. The molecule has 4 aliphatic rings. The Kier molecular flexibility index (Phi) is 11.3. The van der Waals surface area contributed by atoms with Gasteiger partial charge in [-0.15, -0.1) is 0 Å². The molecule has 0 spiro atoms. The monoisotopic (exact) mass is 737 g/mol. The van der Waals surface area contributed by atoms with Gasteiger partial charge >= 0.3 is 0 Å². The highest BCUT2D eigenvalue weighted by atomic mass is 16.5. The lowest BCUT2D eigenvalue weighted by molar-refractivity contribution is -0.137. The van der Waals surface area contributed by atoms with Crippen LogP contribution in [0.25, 0.3) is 0 Å². The molecule has 2 aromatic carbocycles.